The second-order valence-electron chi connectivity index (χ2n) is 8.70. The van der Waals surface area contributed by atoms with Crippen molar-refractivity contribution in [1.82, 2.24) is 14.5 Å². The predicted molar refractivity (Wildman–Crippen MR) is 130 cm³/mol. The molecule has 1 aromatic heterocycles. The summed E-state index contributed by atoms with van der Waals surface area (Å²) in [5, 5.41) is 0.372. The molecular weight excluding hydrogens is 493 g/mol. The fraction of sp³-hybridized carbons (Fsp3) is 0.360. The predicted octanol–water partition coefficient (Wildman–Crippen LogP) is 4.35. The molecule has 1 amide bonds. The number of sulfone groups is 1. The molecule has 0 radical (unpaired) electrons. The molecule has 2 aromatic carbocycles. The van der Waals surface area contributed by atoms with Crippen LogP contribution in [0.4, 0.5) is 4.39 Å². The lowest BCUT2D eigenvalue weighted by atomic mass is 10.2. The van der Waals surface area contributed by atoms with Gasteiger partial charge in [0.15, 0.2) is 0 Å². The zero-order chi connectivity index (χ0) is 25.0. The zero-order valence-corrected chi connectivity index (χ0v) is 20.9. The van der Waals surface area contributed by atoms with Gasteiger partial charge in [0.25, 0.3) is 5.91 Å². The highest BCUT2D eigenvalue weighted by molar-refractivity contribution is 7.90. The fourth-order valence-electron chi connectivity index (χ4n) is 3.88. The van der Waals surface area contributed by atoms with E-state index in [1.54, 1.807) is 33.7 Å². The molecule has 1 heterocycles. The van der Waals surface area contributed by atoms with Crippen LogP contribution in [0.3, 0.4) is 0 Å². The van der Waals surface area contributed by atoms with Crippen LogP contribution in [0.25, 0.3) is 0 Å². The number of amides is 1. The Bertz CT molecular complexity index is 1290. The fourth-order valence-corrected chi connectivity index (χ4v) is 5.59. The van der Waals surface area contributed by atoms with Gasteiger partial charge in [0.1, 0.15) is 5.82 Å². The average Bonchev–Trinajstić information content (AvgIpc) is 3.55. The lowest BCUT2D eigenvalue weighted by molar-refractivity contribution is 0.0729. The van der Waals surface area contributed by atoms with E-state index in [9.17, 15) is 17.6 Å². The number of hydrogen-bond donors (Lipinski definition) is 0. The minimum Gasteiger partial charge on any atom is -0.383 e. The minimum absolute atomic E-state index is 0.101. The van der Waals surface area contributed by atoms with Crippen molar-refractivity contribution >= 4 is 27.3 Å². The number of rotatable bonds is 11. The molecule has 0 bridgehead atoms. The van der Waals surface area contributed by atoms with Crippen LogP contribution in [0.15, 0.2) is 59.9 Å². The van der Waals surface area contributed by atoms with Crippen LogP contribution >= 0.6 is 11.6 Å². The highest BCUT2D eigenvalue weighted by atomic mass is 35.5. The van der Waals surface area contributed by atoms with E-state index in [1.165, 1.54) is 37.6 Å². The summed E-state index contributed by atoms with van der Waals surface area (Å²) in [4.78, 5) is 19.3. The Morgan fingerprint density at radius 2 is 1.97 bits per heavy atom. The van der Waals surface area contributed by atoms with Gasteiger partial charge >= 0.3 is 0 Å². The lowest BCUT2D eigenvalue weighted by Crippen LogP contribution is -2.33. The highest BCUT2D eigenvalue weighted by Crippen LogP contribution is 2.31. The van der Waals surface area contributed by atoms with Crippen molar-refractivity contribution in [2.24, 2.45) is 5.92 Å². The molecule has 10 heteroatoms. The number of ether oxygens (including phenoxy) is 1. The van der Waals surface area contributed by atoms with Crippen LogP contribution in [0.5, 0.6) is 0 Å². The summed E-state index contributed by atoms with van der Waals surface area (Å²) < 4.78 is 46.5. The Balaban J connectivity index is 1.63. The molecule has 0 unspecified atom stereocenters. The van der Waals surface area contributed by atoms with E-state index in [-0.39, 0.29) is 36.5 Å². The molecule has 1 aliphatic rings. The molecule has 35 heavy (non-hydrogen) atoms. The third-order valence-electron chi connectivity index (χ3n) is 5.86. The number of imidazole rings is 1. The van der Waals surface area contributed by atoms with Crippen molar-refractivity contribution in [3.05, 3.63) is 82.4 Å². The Morgan fingerprint density at radius 3 is 2.63 bits per heavy atom. The summed E-state index contributed by atoms with van der Waals surface area (Å²) >= 11 is 6.10. The summed E-state index contributed by atoms with van der Waals surface area (Å²) in [5.74, 6) is -0.496. The molecule has 1 fully saturated rings. The highest BCUT2D eigenvalue weighted by Gasteiger charge is 2.30. The maximum absolute atomic E-state index is 13.3. The SMILES string of the molecule is COCCn1c(CN(CC2CC2)C(=O)c2cccc(Cl)c2)cnc1S(=O)(=O)Cc1ccc(F)cc1. The van der Waals surface area contributed by atoms with E-state index in [4.69, 9.17) is 16.3 Å². The number of carbonyl (C=O) groups excluding carboxylic acids is 1. The summed E-state index contributed by atoms with van der Waals surface area (Å²) in [7, 11) is -2.30. The normalized spacial score (nSPS) is 13.7. The summed E-state index contributed by atoms with van der Waals surface area (Å²) in [6.45, 7) is 1.29. The van der Waals surface area contributed by atoms with E-state index in [0.717, 1.165) is 12.8 Å². The molecular formula is C25H27ClFN3O4S. The van der Waals surface area contributed by atoms with Gasteiger partial charge in [-0.3, -0.25) is 4.79 Å². The van der Waals surface area contributed by atoms with Gasteiger partial charge in [-0.15, -0.1) is 0 Å². The largest absolute Gasteiger partial charge is 0.383 e. The molecule has 0 aliphatic heterocycles. The van der Waals surface area contributed by atoms with Crippen LogP contribution in [-0.4, -0.2) is 49.0 Å². The van der Waals surface area contributed by atoms with Crippen LogP contribution in [-0.2, 0) is 33.4 Å². The molecule has 0 atom stereocenters. The summed E-state index contributed by atoms with van der Waals surface area (Å²) in [5.41, 5.74) is 1.53. The van der Waals surface area contributed by atoms with Gasteiger partial charge in [-0.2, -0.15) is 0 Å². The number of benzene rings is 2. The minimum atomic E-state index is -3.84. The van der Waals surface area contributed by atoms with Crippen molar-refractivity contribution < 1.29 is 22.3 Å². The second kappa shape index (κ2) is 10.9. The molecule has 1 aliphatic carbocycles. The van der Waals surface area contributed by atoms with Gasteiger partial charge in [0.2, 0.25) is 15.0 Å². The van der Waals surface area contributed by atoms with Crippen molar-refractivity contribution in [3.8, 4) is 0 Å². The Hall–Kier alpha value is -2.75. The van der Waals surface area contributed by atoms with E-state index >= 15 is 0 Å². The number of aromatic nitrogens is 2. The number of carbonyl (C=O) groups is 1. The van der Waals surface area contributed by atoms with Gasteiger partial charge < -0.3 is 14.2 Å². The standard InChI is InChI=1S/C25H27ClFN3O4S/c1-34-12-11-30-23(14-28-25(30)35(32,33)17-19-7-9-22(27)10-8-19)16-29(15-18-5-6-18)24(31)20-3-2-4-21(26)13-20/h2-4,7-10,13-14,18H,5-6,11-12,15-17H2,1H3. The topological polar surface area (TPSA) is 81.5 Å². The maximum Gasteiger partial charge on any atom is 0.254 e. The van der Waals surface area contributed by atoms with Crippen molar-refractivity contribution in [3.63, 3.8) is 0 Å². The van der Waals surface area contributed by atoms with Crippen LogP contribution in [0, 0.1) is 11.7 Å². The van der Waals surface area contributed by atoms with Crippen LogP contribution in [0.2, 0.25) is 5.02 Å². The van der Waals surface area contributed by atoms with Gasteiger partial charge in [-0.05, 0) is 54.7 Å². The first-order valence-corrected chi connectivity index (χ1v) is 13.3. The maximum atomic E-state index is 13.3. The summed E-state index contributed by atoms with van der Waals surface area (Å²) in [6.07, 6.45) is 3.61. The first kappa shape index (κ1) is 25.3. The van der Waals surface area contributed by atoms with E-state index in [1.807, 2.05) is 0 Å². The van der Waals surface area contributed by atoms with Crippen molar-refractivity contribution in [1.29, 1.82) is 0 Å². The molecule has 7 nitrogen and oxygen atoms in total. The van der Waals surface area contributed by atoms with Gasteiger partial charge in [0.05, 0.1) is 30.8 Å². The molecule has 0 spiro atoms. The second-order valence-corrected chi connectivity index (χ2v) is 11.0. The number of halogens is 2. The smallest absolute Gasteiger partial charge is 0.254 e. The van der Waals surface area contributed by atoms with E-state index in [2.05, 4.69) is 4.98 Å². The van der Waals surface area contributed by atoms with Gasteiger partial charge in [-0.25, -0.2) is 17.8 Å². The Morgan fingerprint density at radius 1 is 1.23 bits per heavy atom. The van der Waals surface area contributed by atoms with Crippen molar-refractivity contribution in [2.75, 3.05) is 20.3 Å². The number of nitrogens with zero attached hydrogens (tertiary/aromatic N) is 3. The zero-order valence-electron chi connectivity index (χ0n) is 19.4. The molecule has 186 valence electrons. The first-order chi connectivity index (χ1) is 16.8. The number of hydrogen-bond acceptors (Lipinski definition) is 5. The van der Waals surface area contributed by atoms with Gasteiger partial charge in [0, 0.05) is 30.8 Å². The molecule has 0 N–H and O–H groups in total. The molecule has 0 saturated heterocycles. The van der Waals surface area contributed by atoms with Gasteiger partial charge in [-0.1, -0.05) is 29.8 Å². The first-order valence-electron chi connectivity index (χ1n) is 11.3. The van der Waals surface area contributed by atoms with Crippen LogP contribution < -0.4 is 0 Å². The van der Waals surface area contributed by atoms with E-state index < -0.39 is 15.7 Å². The third-order valence-corrected chi connectivity index (χ3v) is 7.69. The quantitative estimate of drug-likeness (QED) is 0.376. The van der Waals surface area contributed by atoms with E-state index in [0.29, 0.717) is 34.3 Å². The third kappa shape index (κ3) is 6.48. The molecule has 1 saturated carbocycles. The average molecular weight is 520 g/mol. The van der Waals surface area contributed by atoms with Crippen molar-refractivity contribution in [2.45, 2.75) is 36.8 Å². The number of methoxy groups -OCH3 is 1. The molecule has 3 aromatic rings. The Kier molecular flexibility index (Phi) is 7.88. The lowest BCUT2D eigenvalue weighted by Gasteiger charge is -2.24. The Labute approximate surface area is 209 Å². The van der Waals surface area contributed by atoms with Crippen LogP contribution in [0.1, 0.15) is 34.5 Å². The summed E-state index contributed by atoms with van der Waals surface area (Å²) in [6, 6.07) is 12.1. The monoisotopic (exact) mass is 519 g/mol. The molecule has 4 rings (SSSR count).